The lowest BCUT2D eigenvalue weighted by Crippen LogP contribution is -2.24. The molecule has 0 unspecified atom stereocenters. The van der Waals surface area contributed by atoms with E-state index in [2.05, 4.69) is 20.7 Å². The van der Waals surface area contributed by atoms with Crippen molar-refractivity contribution in [1.29, 1.82) is 0 Å². The smallest absolute Gasteiger partial charge is 0.289 e. The van der Waals surface area contributed by atoms with E-state index in [1.54, 1.807) is 43.5 Å². The molecule has 1 aromatic heterocycles. The van der Waals surface area contributed by atoms with Crippen LogP contribution < -0.4 is 15.3 Å². The van der Waals surface area contributed by atoms with E-state index < -0.39 is 11.9 Å². The number of rotatable bonds is 6. The van der Waals surface area contributed by atoms with Gasteiger partial charge in [0.05, 0.1) is 25.0 Å². The van der Waals surface area contributed by atoms with Crippen LogP contribution in [0.1, 0.15) is 26.4 Å². The molecule has 0 fully saturated rings. The van der Waals surface area contributed by atoms with Gasteiger partial charge in [0.15, 0.2) is 0 Å². The van der Waals surface area contributed by atoms with E-state index in [9.17, 15) is 14.7 Å². The minimum atomic E-state index is -1.32. The number of aromatic amines is 1. The largest absolute Gasteiger partial charge is 0.545 e. The van der Waals surface area contributed by atoms with Crippen molar-refractivity contribution in [3.8, 4) is 17.0 Å². The number of aromatic nitrogens is 2. The zero-order valence-corrected chi connectivity index (χ0v) is 14.3. The van der Waals surface area contributed by atoms with E-state index in [0.29, 0.717) is 11.3 Å². The number of benzene rings is 2. The molecule has 0 aliphatic carbocycles. The van der Waals surface area contributed by atoms with E-state index in [4.69, 9.17) is 4.74 Å². The minimum Gasteiger partial charge on any atom is -0.545 e. The zero-order valence-electron chi connectivity index (χ0n) is 14.3. The Morgan fingerprint density at radius 2 is 1.93 bits per heavy atom. The predicted molar refractivity (Wildman–Crippen MR) is 96.4 cm³/mol. The molecular formula is C19H15N4O4-. The van der Waals surface area contributed by atoms with Gasteiger partial charge >= 0.3 is 0 Å². The highest BCUT2D eigenvalue weighted by Crippen LogP contribution is 2.21. The molecule has 136 valence electrons. The number of hydrogen-bond acceptors (Lipinski definition) is 6. The van der Waals surface area contributed by atoms with Gasteiger partial charge in [-0.25, -0.2) is 5.43 Å². The Labute approximate surface area is 154 Å². The van der Waals surface area contributed by atoms with Gasteiger partial charge in [-0.2, -0.15) is 10.2 Å². The van der Waals surface area contributed by atoms with Crippen molar-refractivity contribution in [2.75, 3.05) is 7.11 Å². The fourth-order valence-corrected chi connectivity index (χ4v) is 2.36. The molecule has 8 heteroatoms. The average molecular weight is 363 g/mol. The average Bonchev–Trinajstić information content (AvgIpc) is 3.18. The lowest BCUT2D eigenvalue weighted by atomic mass is 10.1. The number of carbonyl (C=O) groups is 2. The summed E-state index contributed by atoms with van der Waals surface area (Å²) in [7, 11) is 1.58. The van der Waals surface area contributed by atoms with Gasteiger partial charge in [-0.3, -0.25) is 9.89 Å². The Hall–Kier alpha value is -3.94. The second kappa shape index (κ2) is 7.96. The van der Waals surface area contributed by atoms with Gasteiger partial charge < -0.3 is 14.6 Å². The van der Waals surface area contributed by atoms with Crippen molar-refractivity contribution >= 4 is 18.1 Å². The van der Waals surface area contributed by atoms with E-state index in [1.807, 2.05) is 12.1 Å². The number of methoxy groups -OCH3 is 1. The number of hydrazone groups is 1. The van der Waals surface area contributed by atoms with Crippen molar-refractivity contribution < 1.29 is 19.4 Å². The summed E-state index contributed by atoms with van der Waals surface area (Å²) in [5, 5.41) is 21.6. The Bertz CT molecular complexity index is 993. The molecule has 8 nitrogen and oxygen atoms in total. The fraction of sp³-hybridized carbons (Fsp3) is 0.0526. The maximum absolute atomic E-state index is 12.2. The van der Waals surface area contributed by atoms with Gasteiger partial charge in [0, 0.05) is 16.7 Å². The first-order chi connectivity index (χ1) is 13.1. The van der Waals surface area contributed by atoms with Crippen LogP contribution in [0.4, 0.5) is 0 Å². The van der Waals surface area contributed by atoms with Crippen molar-refractivity contribution in [2.45, 2.75) is 0 Å². The Balaban J connectivity index is 1.68. The fourth-order valence-electron chi connectivity index (χ4n) is 2.36. The first-order valence-corrected chi connectivity index (χ1v) is 7.92. The first kappa shape index (κ1) is 17.9. The molecular weight excluding hydrogens is 348 g/mol. The summed E-state index contributed by atoms with van der Waals surface area (Å²) in [6.45, 7) is 0. The molecule has 0 saturated carbocycles. The minimum absolute atomic E-state index is 0.0150. The van der Waals surface area contributed by atoms with Crippen LogP contribution in [-0.2, 0) is 0 Å². The number of carboxylic acids is 1. The molecule has 0 bridgehead atoms. The van der Waals surface area contributed by atoms with Crippen molar-refractivity contribution in [3.63, 3.8) is 0 Å². The number of ether oxygens (including phenoxy) is 1. The number of H-pyrrole nitrogens is 1. The lowest BCUT2D eigenvalue weighted by Gasteiger charge is -2.05. The van der Waals surface area contributed by atoms with Crippen LogP contribution in [0.2, 0.25) is 0 Å². The van der Waals surface area contributed by atoms with Crippen LogP contribution in [-0.4, -0.2) is 35.4 Å². The Morgan fingerprint density at radius 3 is 2.63 bits per heavy atom. The number of amides is 1. The van der Waals surface area contributed by atoms with Gasteiger partial charge in [-0.15, -0.1) is 0 Å². The van der Waals surface area contributed by atoms with Crippen LogP contribution in [0.3, 0.4) is 0 Å². The maximum Gasteiger partial charge on any atom is 0.289 e. The van der Waals surface area contributed by atoms with E-state index >= 15 is 0 Å². The number of nitrogens with zero attached hydrogens (tertiary/aromatic N) is 2. The van der Waals surface area contributed by atoms with E-state index in [-0.39, 0.29) is 11.3 Å². The third kappa shape index (κ3) is 4.18. The molecule has 0 spiro atoms. The van der Waals surface area contributed by atoms with Crippen molar-refractivity contribution in [1.82, 2.24) is 15.6 Å². The van der Waals surface area contributed by atoms with Crippen molar-refractivity contribution in [3.05, 3.63) is 71.4 Å². The van der Waals surface area contributed by atoms with Gasteiger partial charge in [-0.05, 0) is 30.3 Å². The molecule has 0 atom stereocenters. The summed E-state index contributed by atoms with van der Waals surface area (Å²) in [6, 6.07) is 15.0. The normalized spacial score (nSPS) is 10.7. The van der Waals surface area contributed by atoms with Crippen LogP contribution in [0.25, 0.3) is 11.3 Å². The molecule has 2 aromatic carbocycles. The molecule has 27 heavy (non-hydrogen) atoms. The zero-order chi connectivity index (χ0) is 19.2. The molecule has 1 heterocycles. The molecule has 0 aliphatic rings. The molecule has 3 aromatic rings. The molecule has 1 amide bonds. The summed E-state index contributed by atoms with van der Waals surface area (Å²) < 4.78 is 5.10. The van der Waals surface area contributed by atoms with Gasteiger partial charge in [0.25, 0.3) is 5.91 Å². The Morgan fingerprint density at radius 1 is 1.19 bits per heavy atom. The second-order valence-electron chi connectivity index (χ2n) is 5.47. The molecule has 0 aliphatic heterocycles. The summed E-state index contributed by atoms with van der Waals surface area (Å²) in [6.07, 6.45) is 1.24. The van der Waals surface area contributed by atoms with Gasteiger partial charge in [0.1, 0.15) is 11.4 Å². The highest BCUT2D eigenvalue weighted by Gasteiger charge is 2.10. The maximum atomic E-state index is 12.2. The number of nitrogens with one attached hydrogen (secondary N) is 2. The standard InChI is InChI=1S/C19H16N4O4/c1-27-14-8-6-12(7-9-14)16-10-17(22-21-16)18(24)23-20-11-13-4-2-3-5-15(13)19(25)26/h2-11H,1H3,(H,21,22)(H,23,24)(H,25,26)/p-1/b20-11-. The number of hydrogen-bond donors (Lipinski definition) is 2. The highest BCUT2D eigenvalue weighted by molar-refractivity contribution is 5.98. The second-order valence-corrected chi connectivity index (χ2v) is 5.47. The number of aromatic carboxylic acids is 1. The Kier molecular flexibility index (Phi) is 5.27. The van der Waals surface area contributed by atoms with Crippen LogP contribution in [0.5, 0.6) is 5.75 Å². The monoisotopic (exact) mass is 363 g/mol. The third-order valence-corrected chi connectivity index (χ3v) is 3.76. The quantitative estimate of drug-likeness (QED) is 0.504. The highest BCUT2D eigenvalue weighted by atomic mass is 16.5. The van der Waals surface area contributed by atoms with E-state index in [0.717, 1.165) is 11.3 Å². The van der Waals surface area contributed by atoms with Crippen LogP contribution in [0.15, 0.2) is 59.7 Å². The molecule has 0 radical (unpaired) electrons. The molecule has 0 saturated heterocycles. The summed E-state index contributed by atoms with van der Waals surface area (Å²) in [5.41, 5.74) is 4.25. The number of carboxylic acid groups (broad SMARTS) is 1. The van der Waals surface area contributed by atoms with Gasteiger partial charge in [-0.1, -0.05) is 24.3 Å². The summed E-state index contributed by atoms with van der Waals surface area (Å²) in [5.74, 6) is -1.11. The summed E-state index contributed by atoms with van der Waals surface area (Å²) in [4.78, 5) is 23.2. The molecule has 2 N–H and O–H groups in total. The topological polar surface area (TPSA) is 119 Å². The SMILES string of the molecule is COc1ccc(-c2cc(C(=O)N/N=C\c3ccccc3C(=O)[O-])[nH]n2)cc1. The third-order valence-electron chi connectivity index (χ3n) is 3.76. The van der Waals surface area contributed by atoms with Crippen LogP contribution in [0, 0.1) is 0 Å². The predicted octanol–water partition coefficient (Wildman–Crippen LogP) is 1.21. The summed E-state index contributed by atoms with van der Waals surface area (Å²) >= 11 is 0. The lowest BCUT2D eigenvalue weighted by molar-refractivity contribution is -0.255. The van der Waals surface area contributed by atoms with E-state index in [1.165, 1.54) is 12.3 Å². The number of carbonyl (C=O) groups excluding carboxylic acids is 2. The van der Waals surface area contributed by atoms with Crippen molar-refractivity contribution in [2.24, 2.45) is 5.10 Å². The first-order valence-electron chi connectivity index (χ1n) is 7.92. The van der Waals surface area contributed by atoms with Gasteiger partial charge in [0.2, 0.25) is 0 Å². The molecule has 3 rings (SSSR count). The van der Waals surface area contributed by atoms with Crippen LogP contribution >= 0.6 is 0 Å².